The predicted octanol–water partition coefficient (Wildman–Crippen LogP) is 4.52. The van der Waals surface area contributed by atoms with Gasteiger partial charge in [-0.05, 0) is 51.1 Å². The number of rotatable bonds is 9. The van der Waals surface area contributed by atoms with Gasteiger partial charge in [0.25, 0.3) is 0 Å². The van der Waals surface area contributed by atoms with Gasteiger partial charge in [0.05, 0.1) is 0 Å². The zero-order chi connectivity index (χ0) is 18.0. The molecule has 4 nitrogen and oxygen atoms in total. The van der Waals surface area contributed by atoms with Gasteiger partial charge in [0.2, 0.25) is 0 Å². The predicted molar refractivity (Wildman–Crippen MR) is 102 cm³/mol. The Morgan fingerprint density at radius 3 is 2.48 bits per heavy atom. The van der Waals surface area contributed by atoms with Crippen LogP contribution in [0.3, 0.4) is 0 Å². The fourth-order valence-corrected chi connectivity index (χ4v) is 2.67. The molecule has 0 saturated carbocycles. The highest BCUT2D eigenvalue weighted by Crippen LogP contribution is 2.26. The standard InChI is InChI=1S/C18H31BrN2O2/c1-7-13(3)16(19)11-15(9-10-20)14(8-2)12-21-17(22)23-18(4,5)6/h7,11,14-15H,1,3,8-10,12,20H2,2,4-6H3,(H,21,22)/b16-11+. The molecule has 23 heavy (non-hydrogen) atoms. The maximum atomic E-state index is 11.8. The number of nitrogens with two attached hydrogens (primary N) is 1. The van der Waals surface area contributed by atoms with Crippen molar-refractivity contribution in [2.75, 3.05) is 13.1 Å². The van der Waals surface area contributed by atoms with Crippen molar-refractivity contribution in [1.82, 2.24) is 5.32 Å². The van der Waals surface area contributed by atoms with Crippen molar-refractivity contribution in [2.24, 2.45) is 17.6 Å². The first-order valence-corrected chi connectivity index (χ1v) is 8.79. The molecule has 5 heteroatoms. The number of halogens is 1. The van der Waals surface area contributed by atoms with Crippen LogP contribution < -0.4 is 11.1 Å². The minimum atomic E-state index is -0.493. The molecule has 0 saturated heterocycles. The van der Waals surface area contributed by atoms with E-state index in [1.807, 2.05) is 20.8 Å². The van der Waals surface area contributed by atoms with Crippen LogP contribution in [0.4, 0.5) is 4.79 Å². The Labute approximate surface area is 149 Å². The first kappa shape index (κ1) is 21.9. The Hall–Kier alpha value is -1.07. The third-order valence-electron chi connectivity index (χ3n) is 3.45. The van der Waals surface area contributed by atoms with Crippen molar-refractivity contribution in [2.45, 2.75) is 46.1 Å². The third kappa shape index (κ3) is 9.61. The smallest absolute Gasteiger partial charge is 0.407 e. The second kappa shape index (κ2) is 10.7. The van der Waals surface area contributed by atoms with Crippen molar-refractivity contribution in [3.05, 3.63) is 35.4 Å². The summed E-state index contributed by atoms with van der Waals surface area (Å²) in [5.74, 6) is 0.516. The third-order valence-corrected chi connectivity index (χ3v) is 4.22. The molecule has 0 aromatic rings. The Balaban J connectivity index is 4.88. The normalized spacial score (nSPS) is 14.8. The average Bonchev–Trinajstić information content (AvgIpc) is 2.45. The minimum Gasteiger partial charge on any atom is -0.444 e. The van der Waals surface area contributed by atoms with Crippen LogP contribution in [-0.4, -0.2) is 24.8 Å². The Morgan fingerprint density at radius 2 is 2.04 bits per heavy atom. The molecule has 0 aliphatic heterocycles. The molecule has 0 aliphatic rings. The molecule has 2 atom stereocenters. The molecule has 0 aromatic carbocycles. The lowest BCUT2D eigenvalue weighted by Crippen LogP contribution is -2.37. The van der Waals surface area contributed by atoms with E-state index in [-0.39, 0.29) is 17.9 Å². The van der Waals surface area contributed by atoms with Crippen LogP contribution >= 0.6 is 15.9 Å². The van der Waals surface area contributed by atoms with Crippen molar-refractivity contribution in [3.63, 3.8) is 0 Å². The Morgan fingerprint density at radius 1 is 1.43 bits per heavy atom. The van der Waals surface area contributed by atoms with Gasteiger partial charge in [-0.3, -0.25) is 0 Å². The number of amides is 1. The summed E-state index contributed by atoms with van der Waals surface area (Å²) in [4.78, 5) is 11.8. The van der Waals surface area contributed by atoms with Crippen molar-refractivity contribution < 1.29 is 9.53 Å². The molecular formula is C18H31BrN2O2. The quantitative estimate of drug-likeness (QED) is 0.572. The molecule has 2 unspecified atom stereocenters. The van der Waals surface area contributed by atoms with Gasteiger partial charge in [0.1, 0.15) is 5.60 Å². The summed E-state index contributed by atoms with van der Waals surface area (Å²) < 4.78 is 6.20. The number of hydrogen-bond acceptors (Lipinski definition) is 3. The summed E-state index contributed by atoms with van der Waals surface area (Å²) in [7, 11) is 0. The maximum Gasteiger partial charge on any atom is 0.407 e. The number of carbonyl (C=O) groups excluding carboxylic acids is 1. The number of carbonyl (C=O) groups is 1. The zero-order valence-electron chi connectivity index (χ0n) is 14.8. The first-order valence-electron chi connectivity index (χ1n) is 8.00. The van der Waals surface area contributed by atoms with E-state index in [2.05, 4.69) is 47.4 Å². The van der Waals surface area contributed by atoms with Crippen molar-refractivity contribution in [1.29, 1.82) is 0 Å². The van der Waals surface area contributed by atoms with Crippen LogP contribution in [0.25, 0.3) is 0 Å². The highest BCUT2D eigenvalue weighted by atomic mass is 79.9. The van der Waals surface area contributed by atoms with E-state index >= 15 is 0 Å². The van der Waals surface area contributed by atoms with Crippen molar-refractivity contribution in [3.8, 4) is 0 Å². The van der Waals surface area contributed by atoms with Gasteiger partial charge in [-0.25, -0.2) is 4.79 Å². The van der Waals surface area contributed by atoms with E-state index in [0.29, 0.717) is 13.1 Å². The van der Waals surface area contributed by atoms with Crippen LogP contribution in [-0.2, 0) is 4.74 Å². The lowest BCUT2D eigenvalue weighted by atomic mass is 9.86. The molecule has 132 valence electrons. The van der Waals surface area contributed by atoms with Crippen LogP contribution in [0.2, 0.25) is 0 Å². The topological polar surface area (TPSA) is 64.3 Å². The van der Waals surface area contributed by atoms with E-state index in [1.54, 1.807) is 6.08 Å². The van der Waals surface area contributed by atoms with E-state index in [0.717, 1.165) is 22.9 Å². The van der Waals surface area contributed by atoms with Crippen LogP contribution in [0.15, 0.2) is 35.4 Å². The fourth-order valence-electron chi connectivity index (χ4n) is 2.17. The lowest BCUT2D eigenvalue weighted by Gasteiger charge is -2.25. The SMILES string of the molecule is C=CC(=C)/C(Br)=C\C(CCN)C(CC)CNC(=O)OC(C)(C)C. The highest BCUT2D eigenvalue weighted by Gasteiger charge is 2.21. The number of nitrogens with one attached hydrogen (secondary N) is 1. The summed E-state index contributed by atoms with van der Waals surface area (Å²) >= 11 is 3.53. The molecule has 0 bridgehead atoms. The first-order chi connectivity index (χ1) is 10.6. The van der Waals surface area contributed by atoms with Crippen molar-refractivity contribution >= 4 is 22.0 Å². The van der Waals surface area contributed by atoms with Crippen LogP contribution in [0, 0.1) is 11.8 Å². The molecule has 1 amide bonds. The highest BCUT2D eigenvalue weighted by molar-refractivity contribution is 9.12. The number of allylic oxidation sites excluding steroid dienone is 4. The van der Waals surface area contributed by atoms with Gasteiger partial charge in [-0.15, -0.1) is 0 Å². The molecule has 0 radical (unpaired) electrons. The summed E-state index contributed by atoms with van der Waals surface area (Å²) in [5, 5.41) is 2.86. The number of alkyl carbamates (subject to hydrolysis) is 1. The summed E-state index contributed by atoms with van der Waals surface area (Å²) in [6, 6.07) is 0. The van der Waals surface area contributed by atoms with E-state index in [1.165, 1.54) is 0 Å². The number of ether oxygens (including phenoxy) is 1. The fraction of sp³-hybridized carbons (Fsp3) is 0.611. The van der Waals surface area contributed by atoms with Gasteiger partial charge in [0, 0.05) is 11.0 Å². The van der Waals surface area contributed by atoms with Gasteiger partial charge >= 0.3 is 6.09 Å². The molecule has 0 heterocycles. The summed E-state index contributed by atoms with van der Waals surface area (Å²) in [5.41, 5.74) is 6.09. The minimum absolute atomic E-state index is 0.242. The molecule has 0 fully saturated rings. The second-order valence-corrected chi connectivity index (χ2v) is 7.39. The van der Waals surface area contributed by atoms with Gasteiger partial charge in [-0.2, -0.15) is 0 Å². The largest absolute Gasteiger partial charge is 0.444 e. The van der Waals surface area contributed by atoms with E-state index < -0.39 is 5.60 Å². The molecule has 0 aliphatic carbocycles. The zero-order valence-corrected chi connectivity index (χ0v) is 16.4. The van der Waals surface area contributed by atoms with Gasteiger partial charge < -0.3 is 15.8 Å². The molecule has 0 rings (SSSR count). The van der Waals surface area contributed by atoms with Gasteiger partial charge in [0.15, 0.2) is 0 Å². The van der Waals surface area contributed by atoms with Crippen LogP contribution in [0.1, 0.15) is 40.5 Å². The molecular weight excluding hydrogens is 356 g/mol. The van der Waals surface area contributed by atoms with E-state index in [9.17, 15) is 4.79 Å². The molecule has 0 spiro atoms. The molecule has 0 aromatic heterocycles. The Kier molecular flexibility index (Phi) is 10.2. The average molecular weight is 387 g/mol. The monoisotopic (exact) mass is 386 g/mol. The molecule has 3 N–H and O–H groups in total. The second-order valence-electron chi connectivity index (χ2n) is 6.54. The van der Waals surface area contributed by atoms with E-state index in [4.69, 9.17) is 10.5 Å². The summed E-state index contributed by atoms with van der Waals surface area (Å²) in [6.07, 6.45) is 5.20. The number of hydrogen-bond donors (Lipinski definition) is 2. The lowest BCUT2D eigenvalue weighted by molar-refractivity contribution is 0.0514. The summed E-state index contributed by atoms with van der Waals surface area (Å²) in [6.45, 7) is 16.4. The Bertz CT molecular complexity index is 439. The van der Waals surface area contributed by atoms with Crippen LogP contribution in [0.5, 0.6) is 0 Å². The van der Waals surface area contributed by atoms with Gasteiger partial charge in [-0.1, -0.05) is 54.6 Å². The maximum absolute atomic E-state index is 11.8.